The van der Waals surface area contributed by atoms with Crippen molar-refractivity contribution in [3.05, 3.63) is 11.3 Å². The molecule has 68 valence electrons. The van der Waals surface area contributed by atoms with E-state index in [1.165, 1.54) is 0 Å². The standard InChI is InChI=1S/C9H14O3/c1-4-7-5(2)8(10)6(3)9(11)12-7/h5,7,10H,4H2,1-3H3/t5-,7+/m1/s1. The van der Waals surface area contributed by atoms with Gasteiger partial charge in [0.05, 0.1) is 11.5 Å². The Morgan fingerprint density at radius 2 is 2.17 bits per heavy atom. The highest BCUT2D eigenvalue weighted by Crippen LogP contribution is 2.26. The average Bonchev–Trinajstić information content (AvgIpc) is 2.08. The summed E-state index contributed by atoms with van der Waals surface area (Å²) in [5, 5.41) is 9.50. The summed E-state index contributed by atoms with van der Waals surface area (Å²) in [6.45, 7) is 5.38. The van der Waals surface area contributed by atoms with Crippen LogP contribution in [0.3, 0.4) is 0 Å². The van der Waals surface area contributed by atoms with Crippen LogP contribution in [-0.4, -0.2) is 17.2 Å². The molecule has 3 heteroatoms. The summed E-state index contributed by atoms with van der Waals surface area (Å²) in [6, 6.07) is 0. The van der Waals surface area contributed by atoms with E-state index in [9.17, 15) is 9.90 Å². The first-order valence-corrected chi connectivity index (χ1v) is 4.18. The van der Waals surface area contributed by atoms with Crippen molar-refractivity contribution in [3.8, 4) is 0 Å². The number of cyclic esters (lactones) is 1. The van der Waals surface area contributed by atoms with Gasteiger partial charge in [0.2, 0.25) is 0 Å². The van der Waals surface area contributed by atoms with Gasteiger partial charge in [0.1, 0.15) is 11.9 Å². The maximum Gasteiger partial charge on any atom is 0.337 e. The Labute approximate surface area is 72.0 Å². The number of rotatable bonds is 1. The van der Waals surface area contributed by atoms with Gasteiger partial charge in [-0.1, -0.05) is 13.8 Å². The normalized spacial score (nSPS) is 30.4. The monoisotopic (exact) mass is 170 g/mol. The smallest absolute Gasteiger partial charge is 0.337 e. The van der Waals surface area contributed by atoms with Crippen LogP contribution in [0.15, 0.2) is 11.3 Å². The molecule has 1 aliphatic heterocycles. The van der Waals surface area contributed by atoms with Crippen molar-refractivity contribution in [3.63, 3.8) is 0 Å². The highest BCUT2D eigenvalue weighted by molar-refractivity contribution is 5.89. The third kappa shape index (κ3) is 1.31. The number of esters is 1. The molecule has 0 spiro atoms. The zero-order valence-corrected chi connectivity index (χ0v) is 7.63. The fourth-order valence-electron chi connectivity index (χ4n) is 1.39. The molecular formula is C9H14O3. The van der Waals surface area contributed by atoms with Crippen LogP contribution in [0.1, 0.15) is 27.2 Å². The quantitative estimate of drug-likeness (QED) is 0.610. The minimum atomic E-state index is -0.391. The zero-order chi connectivity index (χ0) is 9.30. The van der Waals surface area contributed by atoms with E-state index in [0.717, 1.165) is 6.42 Å². The highest BCUT2D eigenvalue weighted by Gasteiger charge is 2.31. The van der Waals surface area contributed by atoms with E-state index in [1.54, 1.807) is 6.92 Å². The number of hydrogen-bond acceptors (Lipinski definition) is 3. The molecule has 3 nitrogen and oxygen atoms in total. The molecule has 1 rings (SSSR count). The molecule has 2 atom stereocenters. The van der Waals surface area contributed by atoms with E-state index >= 15 is 0 Å². The van der Waals surface area contributed by atoms with Crippen molar-refractivity contribution in [2.24, 2.45) is 5.92 Å². The second-order valence-corrected chi connectivity index (χ2v) is 3.15. The van der Waals surface area contributed by atoms with E-state index in [0.29, 0.717) is 5.57 Å². The van der Waals surface area contributed by atoms with Gasteiger partial charge in [0.15, 0.2) is 0 Å². The van der Waals surface area contributed by atoms with Crippen molar-refractivity contribution in [2.75, 3.05) is 0 Å². The van der Waals surface area contributed by atoms with E-state index in [1.807, 2.05) is 13.8 Å². The molecule has 1 N–H and O–H groups in total. The van der Waals surface area contributed by atoms with Crippen molar-refractivity contribution in [1.29, 1.82) is 0 Å². The van der Waals surface area contributed by atoms with Gasteiger partial charge in [-0.15, -0.1) is 0 Å². The van der Waals surface area contributed by atoms with Crippen LogP contribution in [0.2, 0.25) is 0 Å². The maximum atomic E-state index is 11.1. The van der Waals surface area contributed by atoms with Crippen LogP contribution in [0.25, 0.3) is 0 Å². The molecule has 0 unspecified atom stereocenters. The van der Waals surface area contributed by atoms with E-state index < -0.39 is 5.97 Å². The number of carbonyl (C=O) groups is 1. The van der Waals surface area contributed by atoms with Crippen LogP contribution in [0, 0.1) is 5.92 Å². The lowest BCUT2D eigenvalue weighted by Crippen LogP contribution is -2.32. The summed E-state index contributed by atoms with van der Waals surface area (Å²) in [4.78, 5) is 11.1. The molecular weight excluding hydrogens is 156 g/mol. The van der Waals surface area contributed by atoms with Crippen molar-refractivity contribution >= 4 is 5.97 Å². The van der Waals surface area contributed by atoms with Gasteiger partial charge >= 0.3 is 5.97 Å². The van der Waals surface area contributed by atoms with Crippen molar-refractivity contribution < 1.29 is 14.6 Å². The molecule has 0 saturated heterocycles. The first-order valence-electron chi connectivity index (χ1n) is 4.18. The molecule has 0 aromatic rings. The SMILES string of the molecule is CC[C@@H]1OC(=O)C(C)=C(O)[C@@H]1C. The predicted octanol–water partition coefficient (Wildman–Crippen LogP) is 1.79. The van der Waals surface area contributed by atoms with Crippen LogP contribution in [0.4, 0.5) is 0 Å². The van der Waals surface area contributed by atoms with Crippen LogP contribution in [-0.2, 0) is 9.53 Å². The largest absolute Gasteiger partial charge is 0.511 e. The first-order chi connectivity index (χ1) is 5.57. The number of ether oxygens (including phenoxy) is 1. The van der Waals surface area contributed by atoms with Gasteiger partial charge in [-0.2, -0.15) is 0 Å². The van der Waals surface area contributed by atoms with Gasteiger partial charge in [-0.25, -0.2) is 4.79 Å². The topological polar surface area (TPSA) is 46.5 Å². The Kier molecular flexibility index (Phi) is 2.40. The summed E-state index contributed by atoms with van der Waals surface area (Å²) < 4.78 is 5.07. The third-order valence-electron chi connectivity index (χ3n) is 2.34. The average molecular weight is 170 g/mol. The molecule has 0 amide bonds. The highest BCUT2D eigenvalue weighted by atomic mass is 16.5. The van der Waals surface area contributed by atoms with Gasteiger partial charge in [0.25, 0.3) is 0 Å². The van der Waals surface area contributed by atoms with Crippen molar-refractivity contribution in [2.45, 2.75) is 33.3 Å². The number of aliphatic hydroxyl groups excluding tert-OH is 1. The first kappa shape index (κ1) is 9.10. The van der Waals surface area contributed by atoms with Crippen LogP contribution < -0.4 is 0 Å². The molecule has 1 aliphatic rings. The maximum absolute atomic E-state index is 11.1. The van der Waals surface area contributed by atoms with Crippen LogP contribution >= 0.6 is 0 Å². The summed E-state index contributed by atoms with van der Waals surface area (Å²) in [5.41, 5.74) is 0.340. The Hall–Kier alpha value is -0.990. The lowest BCUT2D eigenvalue weighted by molar-refractivity contribution is -0.149. The second kappa shape index (κ2) is 3.17. The summed E-state index contributed by atoms with van der Waals surface area (Å²) in [5.74, 6) is -0.275. The van der Waals surface area contributed by atoms with E-state index in [2.05, 4.69) is 0 Å². The van der Waals surface area contributed by atoms with Gasteiger partial charge < -0.3 is 9.84 Å². The molecule has 0 saturated carbocycles. The van der Waals surface area contributed by atoms with Crippen molar-refractivity contribution in [1.82, 2.24) is 0 Å². The number of aliphatic hydroxyl groups is 1. The predicted molar refractivity (Wildman–Crippen MR) is 44.7 cm³/mol. The minimum absolute atomic E-state index is 0.0623. The third-order valence-corrected chi connectivity index (χ3v) is 2.34. The summed E-state index contributed by atoms with van der Waals surface area (Å²) in [7, 11) is 0. The summed E-state index contributed by atoms with van der Waals surface area (Å²) >= 11 is 0. The number of hydrogen-bond donors (Lipinski definition) is 1. The fourth-order valence-corrected chi connectivity index (χ4v) is 1.39. The molecule has 12 heavy (non-hydrogen) atoms. The fraction of sp³-hybridized carbons (Fsp3) is 0.667. The Balaban J connectivity index is 2.93. The van der Waals surface area contributed by atoms with Gasteiger partial charge in [-0.05, 0) is 13.3 Å². The lowest BCUT2D eigenvalue weighted by atomic mass is 9.95. The minimum Gasteiger partial charge on any atom is -0.511 e. The zero-order valence-electron chi connectivity index (χ0n) is 7.63. The van der Waals surface area contributed by atoms with Gasteiger partial charge in [-0.3, -0.25) is 0 Å². The molecule has 0 aliphatic carbocycles. The molecule has 0 radical (unpaired) electrons. The Morgan fingerprint density at radius 3 is 2.67 bits per heavy atom. The van der Waals surface area contributed by atoms with Gasteiger partial charge in [0, 0.05) is 0 Å². The lowest BCUT2D eigenvalue weighted by Gasteiger charge is -2.28. The van der Waals surface area contributed by atoms with E-state index in [4.69, 9.17) is 4.74 Å². The number of carbonyl (C=O) groups excluding carboxylic acids is 1. The summed E-state index contributed by atoms with van der Waals surface area (Å²) in [6.07, 6.45) is 0.575. The van der Waals surface area contributed by atoms with Crippen LogP contribution in [0.5, 0.6) is 0 Å². The molecule has 1 heterocycles. The Morgan fingerprint density at radius 1 is 1.58 bits per heavy atom. The van der Waals surface area contributed by atoms with E-state index in [-0.39, 0.29) is 17.8 Å². The molecule has 0 bridgehead atoms. The molecule has 0 fully saturated rings. The molecule has 0 aromatic carbocycles. The second-order valence-electron chi connectivity index (χ2n) is 3.15. The Bertz CT molecular complexity index is 230. The molecule has 0 aromatic heterocycles.